The molecule has 0 atom stereocenters. The first kappa shape index (κ1) is 16.3. The molecule has 4 rings (SSSR count). The summed E-state index contributed by atoms with van der Waals surface area (Å²) in [4.78, 5) is 13.7. The summed E-state index contributed by atoms with van der Waals surface area (Å²) in [6, 6.07) is 14.0. The van der Waals surface area contributed by atoms with E-state index in [1.807, 2.05) is 30.3 Å². The number of carbonyl (C=O) groups is 1. The summed E-state index contributed by atoms with van der Waals surface area (Å²) >= 11 is 0. The lowest BCUT2D eigenvalue weighted by atomic mass is 9.98. The predicted octanol–water partition coefficient (Wildman–Crippen LogP) is 3.89. The van der Waals surface area contributed by atoms with Gasteiger partial charge in [0.25, 0.3) is 0 Å². The van der Waals surface area contributed by atoms with Crippen LogP contribution in [0.4, 0.5) is 0 Å². The van der Waals surface area contributed by atoms with E-state index in [0.717, 1.165) is 53.9 Å². The summed E-state index contributed by atoms with van der Waals surface area (Å²) < 4.78 is 12.4. The zero-order chi connectivity index (χ0) is 17.4. The van der Waals surface area contributed by atoms with Gasteiger partial charge in [-0.3, -0.25) is 4.79 Å². The number of nitrogens with zero attached hydrogens (tertiary/aromatic N) is 1. The Kier molecular flexibility index (Phi) is 4.10. The third kappa shape index (κ3) is 3.20. The summed E-state index contributed by atoms with van der Waals surface area (Å²) in [6.45, 7) is 4.16. The number of likely N-dealkylation sites (tertiary alicyclic amines) is 1. The second kappa shape index (κ2) is 6.28. The van der Waals surface area contributed by atoms with Crippen LogP contribution in [-0.2, 0) is 11.3 Å². The molecule has 2 aromatic rings. The number of rotatable bonds is 2. The predicted molar refractivity (Wildman–Crippen MR) is 96.8 cm³/mol. The molecule has 0 radical (unpaired) electrons. The lowest BCUT2D eigenvalue weighted by molar-refractivity contribution is -0.226. The van der Waals surface area contributed by atoms with E-state index in [9.17, 15) is 4.79 Å². The normalized spacial score (nSPS) is 19.3. The van der Waals surface area contributed by atoms with Crippen molar-refractivity contribution in [3.05, 3.63) is 53.6 Å². The maximum Gasteiger partial charge on any atom is 0.213 e. The number of hydrogen-bond acceptors (Lipinski definition) is 4. The molecule has 2 aliphatic heterocycles. The highest BCUT2D eigenvalue weighted by atomic mass is 16.7. The molecule has 0 unspecified atom stereocenters. The van der Waals surface area contributed by atoms with Crippen molar-refractivity contribution in [3.8, 4) is 16.9 Å². The molecule has 0 N–H and O–H groups in total. The minimum absolute atomic E-state index is 0.0854. The zero-order valence-electron chi connectivity index (χ0n) is 14.7. The quantitative estimate of drug-likeness (QED) is 0.780. The molecule has 0 bridgehead atoms. The fourth-order valence-electron chi connectivity index (χ4n) is 3.51. The van der Waals surface area contributed by atoms with Crippen molar-refractivity contribution in [2.24, 2.45) is 0 Å². The topological polar surface area (TPSA) is 38.8 Å². The molecular formula is C21H23NO3. The summed E-state index contributed by atoms with van der Waals surface area (Å²) in [5.74, 6) is 0.562. The molecule has 25 heavy (non-hydrogen) atoms. The number of carbonyl (C=O) groups excluding carboxylic acids is 1. The van der Waals surface area contributed by atoms with E-state index >= 15 is 0 Å². The van der Waals surface area contributed by atoms with Crippen LogP contribution in [0.15, 0.2) is 42.5 Å². The highest BCUT2D eigenvalue weighted by molar-refractivity contribution is 5.94. The second-order valence-corrected chi connectivity index (χ2v) is 7.06. The molecule has 1 saturated heterocycles. The lowest BCUT2D eigenvalue weighted by Crippen LogP contribution is -2.50. The third-order valence-electron chi connectivity index (χ3n) is 5.22. The molecule has 0 saturated carbocycles. The Morgan fingerprint density at radius 3 is 2.40 bits per heavy atom. The van der Waals surface area contributed by atoms with Gasteiger partial charge in [0.2, 0.25) is 5.79 Å². The van der Waals surface area contributed by atoms with Crippen molar-refractivity contribution >= 4 is 5.78 Å². The monoisotopic (exact) mass is 337 g/mol. The van der Waals surface area contributed by atoms with Gasteiger partial charge < -0.3 is 14.4 Å². The highest BCUT2D eigenvalue weighted by Gasteiger charge is 2.40. The van der Waals surface area contributed by atoms with E-state index in [0.29, 0.717) is 6.61 Å². The van der Waals surface area contributed by atoms with Crippen LogP contribution in [0.5, 0.6) is 5.75 Å². The largest absolute Gasteiger partial charge is 0.462 e. The molecule has 130 valence electrons. The van der Waals surface area contributed by atoms with Gasteiger partial charge in [0.05, 0.1) is 6.61 Å². The summed E-state index contributed by atoms with van der Waals surface area (Å²) in [5, 5.41) is 0. The first-order valence-corrected chi connectivity index (χ1v) is 8.80. The van der Waals surface area contributed by atoms with Crippen LogP contribution in [-0.4, -0.2) is 36.6 Å². The molecule has 0 aliphatic carbocycles. The second-order valence-electron chi connectivity index (χ2n) is 7.06. The van der Waals surface area contributed by atoms with Crippen LogP contribution in [0.2, 0.25) is 0 Å². The first-order valence-electron chi connectivity index (χ1n) is 8.80. The minimum Gasteiger partial charge on any atom is -0.462 e. The van der Waals surface area contributed by atoms with Crippen LogP contribution >= 0.6 is 0 Å². The zero-order valence-corrected chi connectivity index (χ0v) is 14.7. The summed E-state index contributed by atoms with van der Waals surface area (Å²) in [7, 11) is 2.13. The van der Waals surface area contributed by atoms with Crippen LogP contribution < -0.4 is 4.74 Å². The third-order valence-corrected chi connectivity index (χ3v) is 5.22. The van der Waals surface area contributed by atoms with Crippen molar-refractivity contribution in [1.29, 1.82) is 0 Å². The average Bonchev–Trinajstić information content (AvgIpc) is 2.64. The van der Waals surface area contributed by atoms with Gasteiger partial charge in [-0.2, -0.15) is 0 Å². The molecule has 1 fully saturated rings. The van der Waals surface area contributed by atoms with E-state index in [2.05, 4.69) is 24.1 Å². The van der Waals surface area contributed by atoms with Gasteiger partial charge in [-0.1, -0.05) is 30.3 Å². The number of piperidine rings is 1. The smallest absolute Gasteiger partial charge is 0.213 e. The van der Waals surface area contributed by atoms with Gasteiger partial charge in [-0.05, 0) is 37.2 Å². The number of hydrogen-bond donors (Lipinski definition) is 0. The average molecular weight is 337 g/mol. The maximum atomic E-state index is 11.4. The van der Waals surface area contributed by atoms with Gasteiger partial charge in [-0.15, -0.1) is 0 Å². The molecule has 2 heterocycles. The summed E-state index contributed by atoms with van der Waals surface area (Å²) in [6.07, 6.45) is 1.80. The number of ketones is 1. The minimum atomic E-state index is -0.454. The Hall–Kier alpha value is -2.17. The Labute approximate surface area is 148 Å². The number of Topliss-reactive ketones (excluding diaryl/α,β-unsaturated/α-hetero) is 1. The molecule has 1 spiro atoms. The molecular weight excluding hydrogens is 314 g/mol. The Balaban J connectivity index is 1.56. The highest BCUT2D eigenvalue weighted by Crippen LogP contribution is 2.38. The lowest BCUT2D eigenvalue weighted by Gasteiger charge is -2.43. The maximum absolute atomic E-state index is 11.4. The number of fused-ring (bicyclic) bond motifs is 1. The Morgan fingerprint density at radius 2 is 1.72 bits per heavy atom. The molecule has 0 amide bonds. The molecule has 4 nitrogen and oxygen atoms in total. The molecule has 0 aromatic heterocycles. The van der Waals surface area contributed by atoms with Crippen molar-refractivity contribution in [2.45, 2.75) is 32.2 Å². The van der Waals surface area contributed by atoms with Gasteiger partial charge in [0.15, 0.2) is 5.78 Å². The van der Waals surface area contributed by atoms with Crippen LogP contribution in [0.25, 0.3) is 11.1 Å². The van der Waals surface area contributed by atoms with Gasteiger partial charge in [0.1, 0.15) is 5.75 Å². The van der Waals surface area contributed by atoms with E-state index in [-0.39, 0.29) is 5.78 Å². The van der Waals surface area contributed by atoms with Crippen LogP contribution in [0.3, 0.4) is 0 Å². The fourth-order valence-corrected chi connectivity index (χ4v) is 3.51. The van der Waals surface area contributed by atoms with Crippen molar-refractivity contribution < 1.29 is 14.3 Å². The van der Waals surface area contributed by atoms with E-state index in [1.165, 1.54) is 0 Å². The fraction of sp³-hybridized carbons (Fsp3) is 0.381. The standard InChI is InChI=1S/C21H23NO3/c1-15(23)16-3-5-17(6-4-16)18-7-8-20-19(13-18)14-24-21(25-20)9-11-22(2)12-10-21/h3-8,13H,9-12,14H2,1-2H3. The molecule has 2 aliphatic rings. The first-order chi connectivity index (χ1) is 12.0. The van der Waals surface area contributed by atoms with Crippen molar-refractivity contribution in [1.82, 2.24) is 4.90 Å². The molecule has 2 aromatic carbocycles. The summed E-state index contributed by atoms with van der Waals surface area (Å²) in [5.41, 5.74) is 4.02. The van der Waals surface area contributed by atoms with Gasteiger partial charge in [-0.25, -0.2) is 0 Å². The number of benzene rings is 2. The van der Waals surface area contributed by atoms with Crippen molar-refractivity contribution in [3.63, 3.8) is 0 Å². The Morgan fingerprint density at radius 1 is 1.04 bits per heavy atom. The van der Waals surface area contributed by atoms with Crippen LogP contribution in [0.1, 0.15) is 35.7 Å². The van der Waals surface area contributed by atoms with Gasteiger partial charge in [0, 0.05) is 37.1 Å². The van der Waals surface area contributed by atoms with Gasteiger partial charge >= 0.3 is 0 Å². The Bertz CT molecular complexity index is 789. The van der Waals surface area contributed by atoms with Crippen molar-refractivity contribution in [2.75, 3.05) is 20.1 Å². The van der Waals surface area contributed by atoms with E-state index < -0.39 is 5.79 Å². The van der Waals surface area contributed by atoms with E-state index in [4.69, 9.17) is 9.47 Å². The molecule has 4 heteroatoms. The SMILES string of the molecule is CC(=O)c1ccc(-c2ccc3c(c2)COC2(CCN(C)CC2)O3)cc1. The van der Waals surface area contributed by atoms with E-state index in [1.54, 1.807) is 6.92 Å². The van der Waals surface area contributed by atoms with Crippen LogP contribution in [0, 0.1) is 0 Å². The number of ether oxygens (including phenoxy) is 2.